The molecule has 7 heteroatoms. The Morgan fingerprint density at radius 3 is 2.59 bits per heavy atom. The molecule has 0 fully saturated rings. The molecule has 0 bridgehead atoms. The molecular formula is C20H15N5OS. The minimum absolute atomic E-state index is 0.0399. The molecule has 2 aromatic heterocycles. The van der Waals surface area contributed by atoms with Crippen LogP contribution in [0.25, 0.3) is 27.5 Å². The zero-order valence-electron chi connectivity index (χ0n) is 14.5. The van der Waals surface area contributed by atoms with Crippen molar-refractivity contribution in [3.8, 4) is 6.07 Å². The first-order valence-electron chi connectivity index (χ1n) is 8.29. The van der Waals surface area contributed by atoms with Gasteiger partial charge in [-0.3, -0.25) is 0 Å². The van der Waals surface area contributed by atoms with E-state index < -0.39 is 0 Å². The third kappa shape index (κ3) is 3.35. The van der Waals surface area contributed by atoms with E-state index in [0.29, 0.717) is 11.6 Å². The summed E-state index contributed by atoms with van der Waals surface area (Å²) in [6.07, 6.45) is 0. The van der Waals surface area contributed by atoms with Crippen LogP contribution in [0.2, 0.25) is 0 Å². The van der Waals surface area contributed by atoms with Gasteiger partial charge in [-0.05, 0) is 25.1 Å². The second-order valence-electron chi connectivity index (χ2n) is 5.92. The molecule has 0 amide bonds. The van der Waals surface area contributed by atoms with Crippen molar-refractivity contribution >= 4 is 39.3 Å². The molecule has 0 aliphatic heterocycles. The minimum atomic E-state index is -0.0399. The maximum absolute atomic E-state index is 10.5. The summed E-state index contributed by atoms with van der Waals surface area (Å²) < 4.78 is 0. The van der Waals surface area contributed by atoms with Gasteiger partial charge in [0, 0.05) is 5.39 Å². The number of fused-ring (bicyclic) bond motifs is 2. The normalized spacial score (nSPS) is 12.1. The number of aliphatic hydroxyl groups is 1. The van der Waals surface area contributed by atoms with Gasteiger partial charge in [0.1, 0.15) is 28.3 Å². The van der Waals surface area contributed by atoms with Gasteiger partial charge in [-0.15, -0.1) is 0 Å². The highest BCUT2D eigenvalue weighted by Crippen LogP contribution is 2.28. The summed E-state index contributed by atoms with van der Waals surface area (Å²) in [6.45, 7) is 1.83. The molecule has 0 aliphatic carbocycles. The Hall–Kier alpha value is -3.37. The standard InChI is InChI=1S/C20H15N5OS/c1-12-22-15-7-3-2-6-13(15)20(23-12)27-11-18(26)14(10-21)19-24-16-8-4-5-9-17(16)25-19/h2-9,26H,11H2,1H3,(H,24,25). The van der Waals surface area contributed by atoms with Gasteiger partial charge in [-0.25, -0.2) is 15.0 Å². The molecule has 0 spiro atoms. The van der Waals surface area contributed by atoms with E-state index in [1.807, 2.05) is 55.5 Å². The minimum Gasteiger partial charge on any atom is -0.510 e. The molecule has 0 unspecified atom stereocenters. The van der Waals surface area contributed by atoms with Gasteiger partial charge in [0.2, 0.25) is 0 Å². The highest BCUT2D eigenvalue weighted by Gasteiger charge is 2.15. The van der Waals surface area contributed by atoms with Gasteiger partial charge in [0.25, 0.3) is 0 Å². The lowest BCUT2D eigenvalue weighted by Gasteiger charge is -2.07. The quantitative estimate of drug-likeness (QED) is 0.238. The fourth-order valence-corrected chi connectivity index (χ4v) is 3.75. The van der Waals surface area contributed by atoms with E-state index in [1.54, 1.807) is 0 Å². The summed E-state index contributed by atoms with van der Waals surface area (Å²) in [6, 6.07) is 17.3. The number of rotatable bonds is 4. The average Bonchev–Trinajstić information content (AvgIpc) is 3.10. The molecule has 0 radical (unpaired) electrons. The van der Waals surface area contributed by atoms with Crippen LogP contribution in [-0.2, 0) is 0 Å². The first kappa shape index (κ1) is 17.1. The van der Waals surface area contributed by atoms with Crippen LogP contribution < -0.4 is 0 Å². The molecule has 2 heterocycles. The second-order valence-corrected chi connectivity index (χ2v) is 6.88. The number of thioether (sulfide) groups is 1. The molecule has 27 heavy (non-hydrogen) atoms. The topological polar surface area (TPSA) is 98.5 Å². The van der Waals surface area contributed by atoms with Gasteiger partial charge in [-0.1, -0.05) is 42.1 Å². The van der Waals surface area contributed by atoms with Crippen molar-refractivity contribution in [1.29, 1.82) is 5.26 Å². The number of aromatic nitrogens is 4. The van der Waals surface area contributed by atoms with Gasteiger partial charge < -0.3 is 10.1 Å². The Balaban J connectivity index is 1.66. The number of hydrogen-bond acceptors (Lipinski definition) is 6. The highest BCUT2D eigenvalue weighted by molar-refractivity contribution is 7.99. The van der Waals surface area contributed by atoms with Crippen molar-refractivity contribution < 1.29 is 5.11 Å². The number of allylic oxidation sites excluding steroid dienone is 1. The maximum atomic E-state index is 10.5. The van der Waals surface area contributed by atoms with E-state index in [9.17, 15) is 10.4 Å². The number of aromatic amines is 1. The molecular weight excluding hydrogens is 358 g/mol. The molecule has 2 N–H and O–H groups in total. The molecule has 4 rings (SSSR count). The summed E-state index contributed by atoms with van der Waals surface area (Å²) in [4.78, 5) is 16.4. The Morgan fingerprint density at radius 2 is 1.81 bits per heavy atom. The number of nitrogens with one attached hydrogen (secondary N) is 1. The Kier molecular flexibility index (Phi) is 4.48. The lowest BCUT2D eigenvalue weighted by atomic mass is 10.2. The van der Waals surface area contributed by atoms with Crippen LogP contribution in [0.1, 0.15) is 11.6 Å². The predicted molar refractivity (Wildman–Crippen MR) is 106 cm³/mol. The fourth-order valence-electron chi connectivity index (χ4n) is 2.80. The van der Waals surface area contributed by atoms with Crippen LogP contribution in [0.4, 0.5) is 0 Å². The molecule has 6 nitrogen and oxygen atoms in total. The lowest BCUT2D eigenvalue weighted by Crippen LogP contribution is -1.97. The fraction of sp³-hybridized carbons (Fsp3) is 0.100. The van der Waals surface area contributed by atoms with E-state index in [-0.39, 0.29) is 17.1 Å². The van der Waals surface area contributed by atoms with Crippen molar-refractivity contribution in [2.45, 2.75) is 11.9 Å². The summed E-state index contributed by atoms with van der Waals surface area (Å²) >= 11 is 1.37. The number of para-hydroxylation sites is 3. The number of imidazole rings is 1. The third-order valence-electron chi connectivity index (χ3n) is 4.05. The summed E-state index contributed by atoms with van der Waals surface area (Å²) in [5, 5.41) is 21.7. The molecule has 2 aromatic carbocycles. The maximum Gasteiger partial charge on any atom is 0.152 e. The number of aryl methyl sites for hydroxylation is 1. The second kappa shape index (κ2) is 7.09. The third-order valence-corrected chi connectivity index (χ3v) is 5.05. The van der Waals surface area contributed by atoms with Crippen molar-refractivity contribution in [2.24, 2.45) is 0 Å². The molecule has 0 atom stereocenters. The Bertz CT molecular complexity index is 1190. The van der Waals surface area contributed by atoms with Crippen molar-refractivity contribution in [3.63, 3.8) is 0 Å². The molecule has 132 valence electrons. The van der Waals surface area contributed by atoms with E-state index in [1.165, 1.54) is 11.8 Å². The molecule has 4 aromatic rings. The number of H-pyrrole nitrogens is 1. The zero-order chi connectivity index (χ0) is 18.8. The molecule has 0 saturated heterocycles. The van der Waals surface area contributed by atoms with E-state index in [4.69, 9.17) is 0 Å². The van der Waals surface area contributed by atoms with Crippen molar-refractivity contribution in [2.75, 3.05) is 5.75 Å². The summed E-state index contributed by atoms with van der Waals surface area (Å²) in [7, 11) is 0. The predicted octanol–water partition coefficient (Wildman–Crippen LogP) is 4.40. The van der Waals surface area contributed by atoms with Crippen LogP contribution >= 0.6 is 11.8 Å². The number of benzene rings is 2. The average molecular weight is 373 g/mol. The molecule has 0 aliphatic rings. The summed E-state index contributed by atoms with van der Waals surface area (Å²) in [5.41, 5.74) is 2.55. The SMILES string of the molecule is Cc1nc(SCC(O)=C(C#N)c2nc3ccccc3[nH]2)c2ccccc2n1. The van der Waals surface area contributed by atoms with Crippen molar-refractivity contribution in [3.05, 3.63) is 65.9 Å². The van der Waals surface area contributed by atoms with Crippen LogP contribution in [0.5, 0.6) is 0 Å². The largest absolute Gasteiger partial charge is 0.510 e. The van der Waals surface area contributed by atoms with Crippen LogP contribution in [0, 0.1) is 18.3 Å². The van der Waals surface area contributed by atoms with Gasteiger partial charge in [-0.2, -0.15) is 5.26 Å². The lowest BCUT2D eigenvalue weighted by molar-refractivity contribution is 0.420. The first-order chi connectivity index (χ1) is 13.2. The molecule has 0 saturated carbocycles. The van der Waals surface area contributed by atoms with Gasteiger partial charge in [0.15, 0.2) is 5.82 Å². The van der Waals surface area contributed by atoms with Crippen LogP contribution in [0.15, 0.2) is 59.3 Å². The first-order valence-corrected chi connectivity index (χ1v) is 9.28. The number of aliphatic hydroxyl groups excluding tert-OH is 1. The van der Waals surface area contributed by atoms with Gasteiger partial charge >= 0.3 is 0 Å². The smallest absolute Gasteiger partial charge is 0.152 e. The van der Waals surface area contributed by atoms with E-state index in [0.717, 1.165) is 27.0 Å². The number of hydrogen-bond donors (Lipinski definition) is 2. The van der Waals surface area contributed by atoms with Crippen LogP contribution in [0.3, 0.4) is 0 Å². The van der Waals surface area contributed by atoms with Crippen molar-refractivity contribution in [1.82, 2.24) is 19.9 Å². The highest BCUT2D eigenvalue weighted by atomic mass is 32.2. The number of nitriles is 1. The monoisotopic (exact) mass is 373 g/mol. The van der Waals surface area contributed by atoms with Gasteiger partial charge in [0.05, 0.1) is 22.3 Å². The van der Waals surface area contributed by atoms with Crippen LogP contribution in [-0.4, -0.2) is 30.8 Å². The Labute approximate surface area is 159 Å². The van der Waals surface area contributed by atoms with E-state index in [2.05, 4.69) is 26.0 Å². The van der Waals surface area contributed by atoms with E-state index >= 15 is 0 Å². The Morgan fingerprint density at radius 1 is 1.07 bits per heavy atom. The number of nitrogens with zero attached hydrogens (tertiary/aromatic N) is 4. The zero-order valence-corrected chi connectivity index (χ0v) is 15.3. The summed E-state index contributed by atoms with van der Waals surface area (Å²) in [5.74, 6) is 1.19.